The monoisotopic (exact) mass is 738 g/mol. The molecule has 3 saturated heterocycles. The molecule has 2 aromatic rings. The number of fused-ring (bicyclic) bond motifs is 2. The lowest BCUT2D eigenvalue weighted by Gasteiger charge is -2.64. The highest BCUT2D eigenvalue weighted by Crippen LogP contribution is 2.65. The molecule has 10 nitrogen and oxygen atoms in total. The fraction of sp³-hybridized carbons (Fsp3) is 0.651. The van der Waals surface area contributed by atoms with Gasteiger partial charge in [-0.15, -0.1) is 0 Å². The van der Waals surface area contributed by atoms with Gasteiger partial charge in [-0.3, -0.25) is 14.5 Å². The molecule has 4 unspecified atom stereocenters. The fourth-order valence-corrected chi connectivity index (χ4v) is 10.6. The quantitative estimate of drug-likeness (QED) is 0.336. The Morgan fingerprint density at radius 2 is 1.56 bits per heavy atom. The van der Waals surface area contributed by atoms with E-state index in [-0.39, 0.29) is 47.8 Å². The second kappa shape index (κ2) is 15.6. The standard InChI is InChI=1S/C43H59BN4O6/c1-42(2)32-22-36(42)43(3)37(23-32)53-44(54-43)38-21-13-8-6-4-5-7-12-20-34(45-25-29-16-10-9-11-17-29)40(50)48-28-33(24-35(48)39(49)46-38)52-41(51)47-26-30-18-14-15-19-31(30)27-47/h9-11,14-19,32-38,45H,4-8,12-13,20-28H2,1-3H3,(H,46,49)/t32?,33-,34+,35+,36?,37?,38+,43?/m1/s1. The Hall–Kier alpha value is -3.41. The lowest BCUT2D eigenvalue weighted by Crippen LogP contribution is -2.65. The van der Waals surface area contributed by atoms with E-state index in [0.29, 0.717) is 37.9 Å². The summed E-state index contributed by atoms with van der Waals surface area (Å²) in [6.07, 6.45) is 10.3. The van der Waals surface area contributed by atoms with E-state index >= 15 is 0 Å². The van der Waals surface area contributed by atoms with Crippen LogP contribution in [0.1, 0.15) is 115 Å². The van der Waals surface area contributed by atoms with Crippen molar-refractivity contribution >= 4 is 25.0 Å². The Kier molecular flexibility index (Phi) is 10.9. The van der Waals surface area contributed by atoms with Crippen LogP contribution in [-0.4, -0.2) is 77.2 Å². The minimum Gasteiger partial charge on any atom is -0.444 e. The number of hydrogen-bond acceptors (Lipinski definition) is 7. The van der Waals surface area contributed by atoms with E-state index in [1.165, 1.54) is 0 Å². The Bertz CT molecular complexity index is 1650. The van der Waals surface area contributed by atoms with Gasteiger partial charge in [0.05, 0.1) is 30.2 Å². The van der Waals surface area contributed by atoms with Gasteiger partial charge in [0.2, 0.25) is 11.8 Å². The van der Waals surface area contributed by atoms with Crippen LogP contribution in [0.4, 0.5) is 4.79 Å². The van der Waals surface area contributed by atoms with E-state index in [0.717, 1.165) is 80.9 Å². The molecule has 9 rings (SSSR count). The van der Waals surface area contributed by atoms with Crippen LogP contribution in [-0.2, 0) is 43.3 Å². The first-order valence-electron chi connectivity index (χ1n) is 20.8. The summed E-state index contributed by atoms with van der Waals surface area (Å²) >= 11 is 0. The van der Waals surface area contributed by atoms with E-state index in [9.17, 15) is 14.4 Å². The van der Waals surface area contributed by atoms with Gasteiger partial charge < -0.3 is 29.6 Å². The number of rotatable bonds is 5. The molecule has 0 spiro atoms. The number of benzene rings is 2. The number of nitrogens with zero attached hydrogens (tertiary/aromatic N) is 2. The zero-order chi connectivity index (χ0) is 37.5. The van der Waals surface area contributed by atoms with Crippen molar-refractivity contribution in [3.8, 4) is 0 Å². The maximum Gasteiger partial charge on any atom is 0.481 e. The molecule has 7 aliphatic rings. The summed E-state index contributed by atoms with van der Waals surface area (Å²) in [5, 5.41) is 6.92. The number of ether oxygens (including phenoxy) is 1. The molecule has 290 valence electrons. The molecule has 6 fully saturated rings. The van der Waals surface area contributed by atoms with E-state index in [1.807, 2.05) is 42.5 Å². The molecule has 3 saturated carbocycles. The molecular weight excluding hydrogens is 679 g/mol. The molecule has 11 heteroatoms. The molecule has 4 heterocycles. The molecule has 2 aromatic carbocycles. The van der Waals surface area contributed by atoms with Crippen LogP contribution in [0.25, 0.3) is 0 Å². The SMILES string of the molecule is CC1(C)C2CC3OB([C@@H]4CCCCCCCCC[C@H](NCc5ccccc5)C(=O)N5C[C@H](OC(=O)N6Cc7ccccc7C6)C[C@H]5C(=O)N4)OC3(C)C1C2. The maximum atomic E-state index is 14.7. The summed E-state index contributed by atoms with van der Waals surface area (Å²) in [6, 6.07) is 16.9. The molecule has 2 bridgehead atoms. The molecule has 0 radical (unpaired) electrons. The van der Waals surface area contributed by atoms with Gasteiger partial charge in [-0.05, 0) is 66.5 Å². The average Bonchev–Trinajstić information content (AvgIpc) is 3.89. The van der Waals surface area contributed by atoms with Crippen LogP contribution in [0.5, 0.6) is 0 Å². The summed E-state index contributed by atoms with van der Waals surface area (Å²) in [5.41, 5.74) is 3.16. The lowest BCUT2D eigenvalue weighted by molar-refractivity contribution is -0.199. The zero-order valence-electron chi connectivity index (χ0n) is 32.5. The summed E-state index contributed by atoms with van der Waals surface area (Å²) in [6.45, 7) is 8.63. The normalized spacial score (nSPS) is 34.1. The third kappa shape index (κ3) is 7.45. The molecule has 8 atom stereocenters. The van der Waals surface area contributed by atoms with E-state index in [2.05, 4.69) is 43.5 Å². The van der Waals surface area contributed by atoms with Crippen LogP contribution in [0.15, 0.2) is 54.6 Å². The molecule has 3 aliphatic carbocycles. The van der Waals surface area contributed by atoms with E-state index in [1.54, 1.807) is 9.80 Å². The van der Waals surface area contributed by atoms with Crippen molar-refractivity contribution in [3.05, 3.63) is 71.3 Å². The van der Waals surface area contributed by atoms with E-state index < -0.39 is 31.4 Å². The van der Waals surface area contributed by atoms with Crippen LogP contribution >= 0.6 is 0 Å². The number of nitrogens with one attached hydrogen (secondary N) is 2. The van der Waals surface area contributed by atoms with Crippen molar-refractivity contribution in [3.63, 3.8) is 0 Å². The largest absolute Gasteiger partial charge is 0.481 e. The summed E-state index contributed by atoms with van der Waals surface area (Å²) in [5.74, 6) is 0.358. The van der Waals surface area contributed by atoms with Crippen molar-refractivity contribution in [2.24, 2.45) is 17.3 Å². The van der Waals surface area contributed by atoms with Gasteiger partial charge in [-0.25, -0.2) is 4.79 Å². The van der Waals surface area contributed by atoms with Gasteiger partial charge in [0.25, 0.3) is 0 Å². The minimum atomic E-state index is -0.784. The van der Waals surface area contributed by atoms with Crippen LogP contribution < -0.4 is 10.6 Å². The maximum absolute atomic E-state index is 14.7. The molecule has 0 aromatic heterocycles. The molecule has 2 N–H and O–H groups in total. The first-order chi connectivity index (χ1) is 26.1. The predicted octanol–water partition coefficient (Wildman–Crippen LogP) is 6.54. The Balaban J connectivity index is 1.02. The third-order valence-electron chi connectivity index (χ3n) is 14.0. The smallest absolute Gasteiger partial charge is 0.444 e. The number of hydrogen-bond donors (Lipinski definition) is 2. The predicted molar refractivity (Wildman–Crippen MR) is 207 cm³/mol. The van der Waals surface area contributed by atoms with Crippen LogP contribution in [0.3, 0.4) is 0 Å². The topological polar surface area (TPSA) is 109 Å². The van der Waals surface area contributed by atoms with Gasteiger partial charge in [0.1, 0.15) is 12.1 Å². The van der Waals surface area contributed by atoms with Gasteiger partial charge >= 0.3 is 13.2 Å². The van der Waals surface area contributed by atoms with Gasteiger partial charge in [-0.1, -0.05) is 113 Å². The van der Waals surface area contributed by atoms with Gasteiger partial charge in [0, 0.05) is 26.1 Å². The average molecular weight is 739 g/mol. The zero-order valence-corrected chi connectivity index (χ0v) is 32.5. The Morgan fingerprint density at radius 3 is 2.26 bits per heavy atom. The Labute approximate surface area is 321 Å². The number of carbonyl (C=O) groups is 3. The highest BCUT2D eigenvalue weighted by molar-refractivity contribution is 6.48. The van der Waals surface area contributed by atoms with Crippen LogP contribution in [0, 0.1) is 17.3 Å². The van der Waals surface area contributed by atoms with Crippen molar-refractivity contribution in [2.45, 2.75) is 153 Å². The minimum absolute atomic E-state index is 0.0121. The number of amides is 3. The highest BCUT2D eigenvalue weighted by atomic mass is 16.7. The third-order valence-corrected chi connectivity index (χ3v) is 14.0. The first-order valence-corrected chi connectivity index (χ1v) is 20.8. The summed E-state index contributed by atoms with van der Waals surface area (Å²) < 4.78 is 19.8. The lowest BCUT2D eigenvalue weighted by atomic mass is 9.43. The fourth-order valence-electron chi connectivity index (χ4n) is 10.6. The first kappa shape index (κ1) is 37.5. The summed E-state index contributed by atoms with van der Waals surface area (Å²) in [4.78, 5) is 46.2. The summed E-state index contributed by atoms with van der Waals surface area (Å²) in [7, 11) is -0.547. The number of carbonyl (C=O) groups excluding carboxylic acids is 3. The van der Waals surface area contributed by atoms with Crippen molar-refractivity contribution in [1.29, 1.82) is 0 Å². The Morgan fingerprint density at radius 1 is 0.889 bits per heavy atom. The molecule has 4 aliphatic heterocycles. The van der Waals surface area contributed by atoms with Crippen molar-refractivity contribution in [2.75, 3.05) is 6.54 Å². The van der Waals surface area contributed by atoms with Crippen molar-refractivity contribution < 1.29 is 28.4 Å². The van der Waals surface area contributed by atoms with Crippen LogP contribution in [0.2, 0.25) is 0 Å². The molecular formula is C43H59BN4O6. The van der Waals surface area contributed by atoms with E-state index in [4.69, 9.17) is 14.0 Å². The second-order valence-electron chi connectivity index (χ2n) is 17.8. The van der Waals surface area contributed by atoms with Gasteiger partial charge in [-0.2, -0.15) is 0 Å². The highest BCUT2D eigenvalue weighted by Gasteiger charge is 2.68. The van der Waals surface area contributed by atoms with Crippen molar-refractivity contribution in [1.82, 2.24) is 20.4 Å². The second-order valence-corrected chi connectivity index (χ2v) is 17.8. The molecule has 3 amide bonds. The molecule has 54 heavy (non-hydrogen) atoms. The van der Waals surface area contributed by atoms with Gasteiger partial charge in [0.15, 0.2) is 0 Å².